The summed E-state index contributed by atoms with van der Waals surface area (Å²) in [6.07, 6.45) is -4.65. The molecule has 1 N–H and O–H groups in total. The lowest BCUT2D eigenvalue weighted by Crippen LogP contribution is -2.54. The fourth-order valence-corrected chi connectivity index (χ4v) is 2.67. The van der Waals surface area contributed by atoms with Crippen molar-refractivity contribution in [3.05, 3.63) is 52.9 Å². The Morgan fingerprint density at radius 3 is 2.25 bits per heavy atom. The molecule has 0 bridgehead atoms. The predicted molar refractivity (Wildman–Crippen MR) is 82.4 cm³/mol. The molecule has 130 valence electrons. The van der Waals surface area contributed by atoms with E-state index < -0.39 is 23.5 Å². The van der Waals surface area contributed by atoms with Gasteiger partial charge in [0.15, 0.2) is 5.54 Å². The monoisotopic (exact) mass is 340 g/mol. The van der Waals surface area contributed by atoms with E-state index in [1.54, 1.807) is 19.9 Å². The molecule has 0 radical (unpaired) electrons. The number of aromatic nitrogens is 1. The van der Waals surface area contributed by atoms with Crippen molar-refractivity contribution in [2.75, 3.05) is 0 Å². The normalized spacial score (nSPS) is 15.6. The third-order valence-corrected chi connectivity index (χ3v) is 4.21. The van der Waals surface area contributed by atoms with Gasteiger partial charge in [-0.15, -0.1) is 0 Å². The molecule has 1 aromatic heterocycles. The molecule has 0 fully saturated rings. The van der Waals surface area contributed by atoms with Crippen molar-refractivity contribution in [2.24, 2.45) is 0 Å². The number of hydrogen-bond donors (Lipinski definition) is 1. The first-order chi connectivity index (χ1) is 11.1. The average Bonchev–Trinajstić information content (AvgIpc) is 2.85. The van der Waals surface area contributed by atoms with Crippen LogP contribution < -0.4 is 5.32 Å². The van der Waals surface area contributed by atoms with Gasteiger partial charge in [0.05, 0.1) is 11.6 Å². The SMILES string of the molecule is Cc1noc(C)c1[C@@H](C)C(=O)N[C@@](C)(c1ccccc1)C(F)(F)F. The molecule has 0 aliphatic heterocycles. The molecule has 0 aliphatic rings. The third kappa shape index (κ3) is 3.16. The fourth-order valence-electron chi connectivity index (χ4n) is 2.67. The highest BCUT2D eigenvalue weighted by molar-refractivity contribution is 5.84. The van der Waals surface area contributed by atoms with Crippen LogP contribution in [0.5, 0.6) is 0 Å². The molecule has 0 saturated heterocycles. The molecule has 7 heteroatoms. The topological polar surface area (TPSA) is 55.1 Å². The maximum atomic E-state index is 13.7. The fraction of sp³-hybridized carbons (Fsp3) is 0.412. The maximum absolute atomic E-state index is 13.7. The van der Waals surface area contributed by atoms with E-state index in [4.69, 9.17) is 4.52 Å². The number of carbonyl (C=O) groups is 1. The van der Waals surface area contributed by atoms with Gasteiger partial charge in [-0.2, -0.15) is 13.2 Å². The van der Waals surface area contributed by atoms with Gasteiger partial charge in [0.2, 0.25) is 5.91 Å². The van der Waals surface area contributed by atoms with E-state index in [1.807, 2.05) is 0 Å². The van der Waals surface area contributed by atoms with Gasteiger partial charge in [-0.05, 0) is 33.3 Å². The van der Waals surface area contributed by atoms with E-state index in [-0.39, 0.29) is 5.56 Å². The first-order valence-corrected chi connectivity index (χ1v) is 7.45. The molecule has 4 nitrogen and oxygen atoms in total. The van der Waals surface area contributed by atoms with Crippen molar-refractivity contribution in [3.8, 4) is 0 Å². The van der Waals surface area contributed by atoms with Crippen molar-refractivity contribution >= 4 is 5.91 Å². The number of rotatable bonds is 4. The van der Waals surface area contributed by atoms with Gasteiger partial charge in [-0.1, -0.05) is 35.5 Å². The van der Waals surface area contributed by atoms with Crippen LogP contribution in [0.1, 0.15) is 42.3 Å². The second kappa shape index (κ2) is 6.30. The van der Waals surface area contributed by atoms with Crippen LogP contribution in [-0.4, -0.2) is 17.2 Å². The number of hydrogen-bond acceptors (Lipinski definition) is 3. The van der Waals surface area contributed by atoms with Crippen LogP contribution in [0.4, 0.5) is 13.2 Å². The molecule has 0 unspecified atom stereocenters. The lowest BCUT2D eigenvalue weighted by molar-refractivity contribution is -0.197. The number of halogens is 3. The first kappa shape index (κ1) is 18.0. The zero-order valence-electron chi connectivity index (χ0n) is 13.9. The predicted octanol–water partition coefficient (Wildman–Crippen LogP) is 3.99. The smallest absolute Gasteiger partial charge is 0.361 e. The number of aryl methyl sites for hydroxylation is 2. The Kier molecular flexibility index (Phi) is 4.73. The minimum Gasteiger partial charge on any atom is -0.361 e. The molecule has 2 atom stereocenters. The van der Waals surface area contributed by atoms with Crippen LogP contribution in [0.15, 0.2) is 34.9 Å². The van der Waals surface area contributed by atoms with Crippen molar-refractivity contribution < 1.29 is 22.5 Å². The summed E-state index contributed by atoms with van der Waals surface area (Å²) in [4.78, 5) is 12.5. The molecular weight excluding hydrogens is 321 g/mol. The molecular formula is C17H19F3N2O2. The lowest BCUT2D eigenvalue weighted by Gasteiger charge is -2.34. The summed E-state index contributed by atoms with van der Waals surface area (Å²) in [5, 5.41) is 5.90. The van der Waals surface area contributed by atoms with Crippen molar-refractivity contribution in [1.82, 2.24) is 10.5 Å². The van der Waals surface area contributed by atoms with Gasteiger partial charge in [-0.3, -0.25) is 4.79 Å². The summed E-state index contributed by atoms with van der Waals surface area (Å²) < 4.78 is 46.0. The molecule has 1 amide bonds. The Hall–Kier alpha value is -2.31. The van der Waals surface area contributed by atoms with E-state index in [9.17, 15) is 18.0 Å². The highest BCUT2D eigenvalue weighted by Gasteiger charge is 2.53. The molecule has 1 heterocycles. The number of amides is 1. The molecule has 0 aliphatic carbocycles. The number of nitrogens with one attached hydrogen (secondary N) is 1. The van der Waals surface area contributed by atoms with Crippen LogP contribution in [0.25, 0.3) is 0 Å². The van der Waals surface area contributed by atoms with Crippen LogP contribution in [-0.2, 0) is 10.3 Å². The van der Waals surface area contributed by atoms with Gasteiger partial charge >= 0.3 is 6.18 Å². The Morgan fingerprint density at radius 2 is 1.79 bits per heavy atom. The minimum absolute atomic E-state index is 0.0307. The summed E-state index contributed by atoms with van der Waals surface area (Å²) in [7, 11) is 0. The molecule has 1 aromatic carbocycles. The van der Waals surface area contributed by atoms with Gasteiger partial charge in [0.1, 0.15) is 5.76 Å². The maximum Gasteiger partial charge on any atom is 0.415 e. The second-order valence-corrected chi connectivity index (χ2v) is 5.94. The van der Waals surface area contributed by atoms with Crippen LogP contribution in [0, 0.1) is 13.8 Å². The molecule has 2 aromatic rings. The van der Waals surface area contributed by atoms with Gasteiger partial charge in [-0.25, -0.2) is 0 Å². The van der Waals surface area contributed by atoms with Gasteiger partial charge in [0.25, 0.3) is 0 Å². The minimum atomic E-state index is -4.65. The van der Waals surface area contributed by atoms with E-state index in [2.05, 4.69) is 10.5 Å². The number of carbonyl (C=O) groups excluding carboxylic acids is 1. The van der Waals surface area contributed by atoms with Crippen molar-refractivity contribution in [2.45, 2.75) is 45.3 Å². The quantitative estimate of drug-likeness (QED) is 0.916. The van der Waals surface area contributed by atoms with Crippen LogP contribution in [0.3, 0.4) is 0 Å². The number of nitrogens with zero attached hydrogens (tertiary/aromatic N) is 1. The van der Waals surface area contributed by atoms with Crippen molar-refractivity contribution in [1.29, 1.82) is 0 Å². The highest BCUT2D eigenvalue weighted by Crippen LogP contribution is 2.39. The highest BCUT2D eigenvalue weighted by atomic mass is 19.4. The van der Waals surface area contributed by atoms with Gasteiger partial charge < -0.3 is 9.84 Å². The van der Waals surface area contributed by atoms with E-state index in [0.29, 0.717) is 17.0 Å². The van der Waals surface area contributed by atoms with Crippen LogP contribution in [0.2, 0.25) is 0 Å². The summed E-state index contributed by atoms with van der Waals surface area (Å²) >= 11 is 0. The van der Waals surface area contributed by atoms with Crippen LogP contribution >= 0.6 is 0 Å². The second-order valence-electron chi connectivity index (χ2n) is 5.94. The Bertz CT molecular complexity index is 706. The Morgan fingerprint density at radius 1 is 1.21 bits per heavy atom. The van der Waals surface area contributed by atoms with E-state index in [1.165, 1.54) is 31.2 Å². The number of benzene rings is 1. The average molecular weight is 340 g/mol. The Balaban J connectivity index is 2.36. The van der Waals surface area contributed by atoms with Gasteiger partial charge in [0, 0.05) is 5.56 Å². The first-order valence-electron chi connectivity index (χ1n) is 7.45. The van der Waals surface area contributed by atoms with E-state index >= 15 is 0 Å². The summed E-state index contributed by atoms with van der Waals surface area (Å²) in [6.45, 7) is 5.76. The third-order valence-electron chi connectivity index (χ3n) is 4.21. The molecule has 0 saturated carbocycles. The molecule has 24 heavy (non-hydrogen) atoms. The zero-order chi connectivity index (χ0) is 18.1. The van der Waals surface area contributed by atoms with E-state index in [0.717, 1.165) is 6.92 Å². The summed E-state index contributed by atoms with van der Waals surface area (Å²) in [5.74, 6) is -1.14. The summed E-state index contributed by atoms with van der Waals surface area (Å²) in [6, 6.07) is 7.31. The Labute approximate surface area is 138 Å². The standard InChI is InChI=1S/C17H19F3N2O2/c1-10(14-11(2)22-24-12(14)3)15(23)21-16(4,17(18,19)20)13-8-6-5-7-9-13/h5-10H,1-4H3,(H,21,23)/t10-,16+/m1/s1. The molecule has 0 spiro atoms. The zero-order valence-corrected chi connectivity index (χ0v) is 13.9. The lowest BCUT2D eigenvalue weighted by atomic mass is 9.89. The largest absolute Gasteiger partial charge is 0.415 e. The number of alkyl halides is 3. The molecule has 2 rings (SSSR count). The summed E-state index contributed by atoms with van der Waals surface area (Å²) in [5.41, 5.74) is -1.52. The van der Waals surface area contributed by atoms with Crippen molar-refractivity contribution in [3.63, 3.8) is 0 Å².